The van der Waals surface area contributed by atoms with E-state index in [4.69, 9.17) is 10.3 Å². The van der Waals surface area contributed by atoms with Crippen LogP contribution < -0.4 is 5.73 Å². The molecule has 1 atom stereocenters. The number of hydrogen-bond acceptors (Lipinski definition) is 5. The lowest BCUT2D eigenvalue weighted by Crippen LogP contribution is -2.21. The Morgan fingerprint density at radius 2 is 2.38 bits per heavy atom. The van der Waals surface area contributed by atoms with Crippen molar-refractivity contribution < 1.29 is 4.52 Å². The average Bonchev–Trinajstić information content (AvgIpc) is 2.53. The fourth-order valence-electron chi connectivity index (χ4n) is 0.929. The molecule has 4 nitrogen and oxygen atoms in total. The van der Waals surface area contributed by atoms with Crippen molar-refractivity contribution in [3.05, 3.63) is 11.7 Å². The Hall–Kier alpha value is -0.550. The number of nitrogens with two attached hydrogens (primary N) is 1. The summed E-state index contributed by atoms with van der Waals surface area (Å²) >= 11 is 1.68. The van der Waals surface area contributed by atoms with Gasteiger partial charge in [-0.2, -0.15) is 16.7 Å². The largest absolute Gasteiger partial charge is 0.339 e. The number of nitrogens with zero attached hydrogens (tertiary/aromatic N) is 2. The number of rotatable bonds is 5. The van der Waals surface area contributed by atoms with Gasteiger partial charge in [-0.15, -0.1) is 0 Å². The molecule has 13 heavy (non-hydrogen) atoms. The van der Waals surface area contributed by atoms with Gasteiger partial charge in [-0.25, -0.2) is 0 Å². The van der Waals surface area contributed by atoms with Gasteiger partial charge in [0.15, 0.2) is 5.82 Å². The summed E-state index contributed by atoms with van der Waals surface area (Å²) in [5.41, 5.74) is 5.76. The molecule has 1 aromatic heterocycles. The molecule has 0 aliphatic rings. The van der Waals surface area contributed by atoms with Gasteiger partial charge >= 0.3 is 0 Å². The second-order valence-electron chi connectivity index (χ2n) is 2.91. The fraction of sp³-hybridized carbons (Fsp3) is 0.750. The van der Waals surface area contributed by atoms with Crippen molar-refractivity contribution in [2.24, 2.45) is 5.73 Å². The Labute approximate surface area is 82.3 Å². The molecule has 1 unspecified atom stereocenters. The summed E-state index contributed by atoms with van der Waals surface area (Å²) in [6.45, 7) is 2.05. The molecule has 1 rings (SSSR count). The zero-order valence-corrected chi connectivity index (χ0v) is 8.80. The van der Waals surface area contributed by atoms with Crippen molar-refractivity contribution in [2.75, 3.05) is 6.26 Å². The smallest absolute Gasteiger partial charge is 0.228 e. The van der Waals surface area contributed by atoms with Crippen LogP contribution in [0.15, 0.2) is 4.52 Å². The monoisotopic (exact) mass is 201 g/mol. The van der Waals surface area contributed by atoms with Gasteiger partial charge in [0.25, 0.3) is 0 Å². The van der Waals surface area contributed by atoms with Crippen molar-refractivity contribution >= 4 is 11.8 Å². The Kier molecular flexibility index (Phi) is 4.24. The van der Waals surface area contributed by atoms with E-state index in [0.717, 1.165) is 18.0 Å². The highest BCUT2D eigenvalue weighted by Gasteiger charge is 2.08. The van der Waals surface area contributed by atoms with Gasteiger partial charge in [0, 0.05) is 12.5 Å². The molecule has 1 aromatic rings. The van der Waals surface area contributed by atoms with Crippen LogP contribution in [-0.2, 0) is 12.2 Å². The summed E-state index contributed by atoms with van der Waals surface area (Å²) < 4.78 is 5.04. The molecule has 0 bridgehead atoms. The first kappa shape index (κ1) is 10.5. The van der Waals surface area contributed by atoms with Gasteiger partial charge in [0.05, 0.1) is 5.75 Å². The lowest BCUT2D eigenvalue weighted by Gasteiger charge is -2.02. The zero-order chi connectivity index (χ0) is 9.68. The number of thioether (sulfide) groups is 1. The minimum Gasteiger partial charge on any atom is -0.339 e. The summed E-state index contributed by atoms with van der Waals surface area (Å²) in [6, 6.07) is 0.127. The summed E-state index contributed by atoms with van der Waals surface area (Å²) in [5, 5.41) is 3.83. The van der Waals surface area contributed by atoms with Crippen LogP contribution in [0.25, 0.3) is 0 Å². The molecule has 0 saturated heterocycles. The maximum absolute atomic E-state index is 5.76. The van der Waals surface area contributed by atoms with Crippen molar-refractivity contribution in [3.63, 3.8) is 0 Å². The lowest BCUT2D eigenvalue weighted by molar-refractivity contribution is 0.364. The first-order valence-corrected chi connectivity index (χ1v) is 5.71. The van der Waals surface area contributed by atoms with Crippen LogP contribution in [-0.4, -0.2) is 22.4 Å². The van der Waals surface area contributed by atoms with E-state index in [9.17, 15) is 0 Å². The molecule has 2 N–H and O–H groups in total. The molecule has 0 amide bonds. The second-order valence-corrected chi connectivity index (χ2v) is 3.78. The molecule has 0 radical (unpaired) electrons. The van der Waals surface area contributed by atoms with Gasteiger partial charge in [-0.1, -0.05) is 12.1 Å². The molecule has 5 heteroatoms. The molecular weight excluding hydrogens is 186 g/mol. The molecule has 0 fully saturated rings. The summed E-state index contributed by atoms with van der Waals surface area (Å²) in [7, 11) is 0. The van der Waals surface area contributed by atoms with Gasteiger partial charge in [-0.3, -0.25) is 0 Å². The van der Waals surface area contributed by atoms with Crippen LogP contribution >= 0.6 is 11.8 Å². The first-order valence-electron chi connectivity index (χ1n) is 4.32. The third kappa shape index (κ3) is 3.36. The molecule has 0 spiro atoms. The predicted molar refractivity (Wildman–Crippen MR) is 53.5 cm³/mol. The number of aromatic nitrogens is 2. The Morgan fingerprint density at radius 1 is 1.62 bits per heavy atom. The molecule has 0 saturated carbocycles. The average molecular weight is 201 g/mol. The molecule has 1 heterocycles. The van der Waals surface area contributed by atoms with Crippen LogP contribution in [0.3, 0.4) is 0 Å². The zero-order valence-electron chi connectivity index (χ0n) is 7.99. The number of hydrogen-bond donors (Lipinski definition) is 1. The normalized spacial score (nSPS) is 13.2. The van der Waals surface area contributed by atoms with E-state index >= 15 is 0 Å². The topological polar surface area (TPSA) is 64.9 Å². The van der Waals surface area contributed by atoms with Crippen molar-refractivity contribution in [1.82, 2.24) is 10.1 Å². The predicted octanol–water partition coefficient (Wildman–Crippen LogP) is 1.21. The van der Waals surface area contributed by atoms with Crippen LogP contribution in [0.2, 0.25) is 0 Å². The van der Waals surface area contributed by atoms with E-state index in [0.29, 0.717) is 12.3 Å². The quantitative estimate of drug-likeness (QED) is 0.775. The van der Waals surface area contributed by atoms with E-state index in [-0.39, 0.29) is 6.04 Å². The maximum atomic E-state index is 5.76. The minimum absolute atomic E-state index is 0.127. The van der Waals surface area contributed by atoms with E-state index in [1.54, 1.807) is 11.8 Å². The van der Waals surface area contributed by atoms with Crippen molar-refractivity contribution in [2.45, 2.75) is 31.6 Å². The first-order chi connectivity index (χ1) is 6.26. The maximum Gasteiger partial charge on any atom is 0.228 e. The molecular formula is C8H15N3OS. The van der Waals surface area contributed by atoms with E-state index in [2.05, 4.69) is 10.1 Å². The van der Waals surface area contributed by atoms with Crippen LogP contribution in [0.1, 0.15) is 25.1 Å². The SMILES string of the molecule is CCC(N)Cc1nc(CSC)no1. The summed E-state index contributed by atoms with van der Waals surface area (Å²) in [5.74, 6) is 2.20. The van der Waals surface area contributed by atoms with Gasteiger partial charge < -0.3 is 10.3 Å². The minimum atomic E-state index is 0.127. The highest BCUT2D eigenvalue weighted by atomic mass is 32.2. The van der Waals surface area contributed by atoms with Crippen LogP contribution in [0.4, 0.5) is 0 Å². The highest BCUT2D eigenvalue weighted by Crippen LogP contribution is 2.07. The van der Waals surface area contributed by atoms with Gasteiger partial charge in [0.1, 0.15) is 0 Å². The summed E-state index contributed by atoms with van der Waals surface area (Å²) in [4.78, 5) is 4.21. The Morgan fingerprint density at radius 3 is 3.00 bits per heavy atom. The fourth-order valence-corrected chi connectivity index (χ4v) is 1.30. The van der Waals surface area contributed by atoms with Gasteiger partial charge in [-0.05, 0) is 12.7 Å². The van der Waals surface area contributed by atoms with E-state index < -0.39 is 0 Å². The lowest BCUT2D eigenvalue weighted by atomic mass is 10.2. The van der Waals surface area contributed by atoms with Crippen molar-refractivity contribution in [3.8, 4) is 0 Å². The van der Waals surface area contributed by atoms with Crippen LogP contribution in [0, 0.1) is 0 Å². The van der Waals surface area contributed by atoms with Crippen LogP contribution in [0.5, 0.6) is 0 Å². The standard InChI is InChI=1S/C8H15N3OS/c1-3-6(9)4-8-10-7(5-13-2)11-12-8/h6H,3-5,9H2,1-2H3. The third-order valence-corrected chi connectivity index (χ3v) is 2.29. The molecule has 0 aliphatic carbocycles. The molecule has 74 valence electrons. The van der Waals surface area contributed by atoms with E-state index in [1.807, 2.05) is 13.2 Å². The Balaban J connectivity index is 2.48. The highest BCUT2D eigenvalue weighted by molar-refractivity contribution is 7.97. The molecule has 0 aliphatic heterocycles. The summed E-state index contributed by atoms with van der Waals surface area (Å²) in [6.07, 6.45) is 3.62. The van der Waals surface area contributed by atoms with Crippen molar-refractivity contribution in [1.29, 1.82) is 0 Å². The molecule has 0 aromatic carbocycles. The third-order valence-electron chi connectivity index (χ3n) is 1.74. The second kappa shape index (κ2) is 5.24. The van der Waals surface area contributed by atoms with Gasteiger partial charge in [0.2, 0.25) is 5.89 Å². The van der Waals surface area contributed by atoms with E-state index in [1.165, 1.54) is 0 Å². The Bertz CT molecular complexity index is 251.